The zero-order valence-electron chi connectivity index (χ0n) is 12.0. The Bertz CT molecular complexity index is 733. The van der Waals surface area contributed by atoms with Gasteiger partial charge in [0.05, 0.1) is 5.92 Å². The van der Waals surface area contributed by atoms with Crippen LogP contribution in [0.15, 0.2) is 36.4 Å². The fraction of sp³-hybridized carbons (Fsp3) is 0.235. The predicted octanol–water partition coefficient (Wildman–Crippen LogP) is 3.98. The molecule has 2 aromatic carbocycles. The molecule has 0 aliphatic carbocycles. The first-order valence-electron chi connectivity index (χ1n) is 7.01. The zero-order valence-corrected chi connectivity index (χ0v) is 12.8. The summed E-state index contributed by atoms with van der Waals surface area (Å²) in [6.45, 7) is 2.08. The molecule has 2 aromatic rings. The summed E-state index contributed by atoms with van der Waals surface area (Å²) in [7, 11) is 0. The fourth-order valence-electron chi connectivity index (χ4n) is 2.53. The minimum Gasteiger partial charge on any atom is -0.492 e. The number of carbonyl (C=O) groups excluding carboxylic acids is 1. The lowest BCUT2D eigenvalue weighted by Crippen LogP contribution is -2.32. The first-order chi connectivity index (χ1) is 10.5. The van der Waals surface area contributed by atoms with E-state index >= 15 is 0 Å². The quantitative estimate of drug-likeness (QED) is 0.909. The largest absolute Gasteiger partial charge is 0.492 e. The van der Waals surface area contributed by atoms with E-state index in [0.29, 0.717) is 29.3 Å². The number of benzene rings is 2. The van der Waals surface area contributed by atoms with Crippen LogP contribution in [0.1, 0.15) is 11.1 Å². The summed E-state index contributed by atoms with van der Waals surface area (Å²) in [4.78, 5) is 12.4. The minimum atomic E-state index is -0.319. The van der Waals surface area contributed by atoms with Gasteiger partial charge in [-0.05, 0) is 60.9 Å². The molecule has 0 unspecified atom stereocenters. The molecule has 1 atom stereocenters. The van der Waals surface area contributed by atoms with Crippen LogP contribution in [0.5, 0.6) is 5.75 Å². The number of hydrogen-bond acceptors (Lipinski definition) is 2. The van der Waals surface area contributed by atoms with E-state index in [1.807, 2.05) is 12.1 Å². The molecule has 0 saturated carbocycles. The molecular formula is C17H15ClFNO2. The molecule has 0 bridgehead atoms. The van der Waals surface area contributed by atoms with Crippen molar-refractivity contribution in [3.05, 3.63) is 58.4 Å². The van der Waals surface area contributed by atoms with Crippen LogP contribution in [0.3, 0.4) is 0 Å². The topological polar surface area (TPSA) is 38.3 Å². The average Bonchev–Trinajstić information content (AvgIpc) is 2.49. The van der Waals surface area contributed by atoms with Crippen molar-refractivity contribution in [3.8, 4) is 5.75 Å². The average molecular weight is 320 g/mol. The van der Waals surface area contributed by atoms with Crippen LogP contribution < -0.4 is 10.1 Å². The van der Waals surface area contributed by atoms with Crippen molar-refractivity contribution in [2.75, 3.05) is 11.9 Å². The van der Waals surface area contributed by atoms with E-state index in [0.717, 1.165) is 11.3 Å². The van der Waals surface area contributed by atoms with E-state index in [-0.39, 0.29) is 17.6 Å². The number of rotatable bonds is 2. The predicted molar refractivity (Wildman–Crippen MR) is 83.9 cm³/mol. The maximum atomic E-state index is 13.1. The van der Waals surface area contributed by atoms with Gasteiger partial charge in [0.2, 0.25) is 5.91 Å². The van der Waals surface area contributed by atoms with Gasteiger partial charge in [-0.1, -0.05) is 11.6 Å². The second-order valence-electron chi connectivity index (χ2n) is 5.41. The smallest absolute Gasteiger partial charge is 0.231 e. The highest BCUT2D eigenvalue weighted by Crippen LogP contribution is 2.30. The van der Waals surface area contributed by atoms with Crippen LogP contribution in [-0.2, 0) is 11.2 Å². The van der Waals surface area contributed by atoms with E-state index in [4.69, 9.17) is 16.3 Å². The van der Waals surface area contributed by atoms with Gasteiger partial charge in [-0.25, -0.2) is 4.39 Å². The fourth-order valence-corrected chi connectivity index (χ4v) is 2.73. The molecule has 1 amide bonds. The van der Waals surface area contributed by atoms with Crippen molar-refractivity contribution in [3.63, 3.8) is 0 Å². The molecule has 3 nitrogen and oxygen atoms in total. The molecule has 0 spiro atoms. The summed E-state index contributed by atoms with van der Waals surface area (Å²) in [5, 5.41) is 3.46. The monoisotopic (exact) mass is 319 g/mol. The molecular weight excluding hydrogens is 305 g/mol. The van der Waals surface area contributed by atoms with Crippen molar-refractivity contribution in [2.45, 2.75) is 13.3 Å². The Morgan fingerprint density at radius 2 is 2.14 bits per heavy atom. The summed E-state index contributed by atoms with van der Waals surface area (Å²) in [6, 6.07) is 9.69. The summed E-state index contributed by atoms with van der Waals surface area (Å²) in [5.74, 6) is 0.0160. The highest BCUT2D eigenvalue weighted by molar-refractivity contribution is 6.30. The van der Waals surface area contributed by atoms with Gasteiger partial charge in [-0.2, -0.15) is 0 Å². The second kappa shape index (κ2) is 5.97. The number of hydrogen-bond donors (Lipinski definition) is 1. The number of fused-ring (bicyclic) bond motifs is 1. The van der Waals surface area contributed by atoms with Crippen molar-refractivity contribution < 1.29 is 13.9 Å². The summed E-state index contributed by atoms with van der Waals surface area (Å²) in [6.07, 6.45) is 0.571. The van der Waals surface area contributed by atoms with Crippen molar-refractivity contribution >= 4 is 23.2 Å². The Morgan fingerprint density at radius 1 is 1.32 bits per heavy atom. The van der Waals surface area contributed by atoms with Crippen LogP contribution in [0.25, 0.3) is 0 Å². The molecule has 1 aliphatic rings. The third kappa shape index (κ3) is 3.07. The van der Waals surface area contributed by atoms with Crippen molar-refractivity contribution in [1.82, 2.24) is 0 Å². The van der Waals surface area contributed by atoms with Gasteiger partial charge in [-0.15, -0.1) is 0 Å². The van der Waals surface area contributed by atoms with E-state index < -0.39 is 0 Å². The molecule has 3 rings (SSSR count). The highest BCUT2D eigenvalue weighted by atomic mass is 35.5. The SMILES string of the molecule is Cc1cc(F)ccc1NC(=O)[C@@H]1COc2ccc(Cl)cc2C1. The lowest BCUT2D eigenvalue weighted by atomic mass is 9.96. The molecule has 22 heavy (non-hydrogen) atoms. The number of halogens is 2. The summed E-state index contributed by atoms with van der Waals surface area (Å²) in [5.41, 5.74) is 2.23. The van der Waals surface area contributed by atoms with Gasteiger partial charge in [0.15, 0.2) is 0 Å². The Kier molecular flexibility index (Phi) is 4.03. The third-order valence-electron chi connectivity index (χ3n) is 3.75. The van der Waals surface area contributed by atoms with Crippen LogP contribution in [0.4, 0.5) is 10.1 Å². The Hall–Kier alpha value is -2.07. The van der Waals surface area contributed by atoms with E-state index in [2.05, 4.69) is 5.32 Å². The van der Waals surface area contributed by atoms with Gasteiger partial charge in [-0.3, -0.25) is 4.79 Å². The lowest BCUT2D eigenvalue weighted by molar-refractivity contribution is -0.121. The van der Waals surface area contributed by atoms with Gasteiger partial charge in [0.1, 0.15) is 18.2 Å². The van der Waals surface area contributed by atoms with Crippen LogP contribution >= 0.6 is 11.6 Å². The van der Waals surface area contributed by atoms with Gasteiger partial charge >= 0.3 is 0 Å². The van der Waals surface area contributed by atoms with Crippen LogP contribution in [0, 0.1) is 18.7 Å². The number of nitrogens with one attached hydrogen (secondary N) is 1. The number of aryl methyl sites for hydroxylation is 1. The number of anilines is 1. The first kappa shape index (κ1) is 14.9. The Morgan fingerprint density at radius 3 is 2.91 bits per heavy atom. The molecule has 0 saturated heterocycles. The van der Waals surface area contributed by atoms with E-state index in [9.17, 15) is 9.18 Å². The van der Waals surface area contributed by atoms with Gasteiger partial charge < -0.3 is 10.1 Å². The molecule has 0 fully saturated rings. The van der Waals surface area contributed by atoms with E-state index in [1.165, 1.54) is 12.1 Å². The molecule has 1 heterocycles. The second-order valence-corrected chi connectivity index (χ2v) is 5.85. The lowest BCUT2D eigenvalue weighted by Gasteiger charge is -2.25. The van der Waals surface area contributed by atoms with Crippen molar-refractivity contribution in [2.24, 2.45) is 5.92 Å². The Balaban J connectivity index is 1.74. The molecule has 5 heteroatoms. The first-order valence-corrected chi connectivity index (χ1v) is 7.39. The van der Waals surface area contributed by atoms with Crippen molar-refractivity contribution in [1.29, 1.82) is 0 Å². The summed E-state index contributed by atoms with van der Waals surface area (Å²) < 4.78 is 18.7. The molecule has 0 aromatic heterocycles. The molecule has 1 aliphatic heterocycles. The zero-order chi connectivity index (χ0) is 15.7. The Labute approximate surface area is 133 Å². The maximum absolute atomic E-state index is 13.1. The van der Waals surface area contributed by atoms with Gasteiger partial charge in [0, 0.05) is 10.7 Å². The van der Waals surface area contributed by atoms with Gasteiger partial charge in [0.25, 0.3) is 0 Å². The minimum absolute atomic E-state index is 0.139. The molecule has 0 radical (unpaired) electrons. The molecule has 1 N–H and O–H groups in total. The normalized spacial score (nSPS) is 16.6. The number of amides is 1. The maximum Gasteiger partial charge on any atom is 0.231 e. The highest BCUT2D eigenvalue weighted by Gasteiger charge is 2.26. The standard InChI is InChI=1S/C17H15ClFNO2/c1-10-6-14(19)3-4-15(10)20-17(21)12-7-11-8-13(18)2-5-16(11)22-9-12/h2-6,8,12H,7,9H2,1H3,(H,20,21)/t12-/m0/s1. The van der Waals surface area contributed by atoms with Crippen LogP contribution in [0.2, 0.25) is 5.02 Å². The van der Waals surface area contributed by atoms with E-state index in [1.54, 1.807) is 19.1 Å². The number of carbonyl (C=O) groups is 1. The summed E-state index contributed by atoms with van der Waals surface area (Å²) >= 11 is 5.98. The molecule has 114 valence electrons. The number of ether oxygens (including phenoxy) is 1. The third-order valence-corrected chi connectivity index (χ3v) is 3.98. The van der Waals surface area contributed by atoms with Crippen LogP contribution in [-0.4, -0.2) is 12.5 Å².